The van der Waals surface area contributed by atoms with Crippen LogP contribution in [0.15, 0.2) is 65.9 Å². The number of carbonyl (C=O) groups excluding carboxylic acids is 2. The average Bonchev–Trinajstić information content (AvgIpc) is 3.35. The summed E-state index contributed by atoms with van der Waals surface area (Å²) in [5.74, 6) is 0.977. The standard InChI is InChI=1S/C24H24N4O4/c1-31-21-10-8-17(14-22(21)32-2)19-9-11-23(29)28(27-19)15-16-5-3-6-18(13-16)26-24(30)20-7-4-12-25-20/h3-8,10,12-14,25H,9,11,15H2,1-2H3,(H,26,30). The molecule has 8 heteroatoms. The predicted molar refractivity (Wildman–Crippen MR) is 121 cm³/mol. The van der Waals surface area contributed by atoms with Crippen LogP contribution < -0.4 is 14.8 Å². The lowest BCUT2D eigenvalue weighted by molar-refractivity contribution is -0.132. The number of rotatable bonds is 7. The molecule has 2 heterocycles. The fraction of sp³-hybridized carbons (Fsp3) is 0.208. The highest BCUT2D eigenvalue weighted by Crippen LogP contribution is 2.29. The van der Waals surface area contributed by atoms with Crippen molar-refractivity contribution in [1.29, 1.82) is 0 Å². The summed E-state index contributed by atoms with van der Waals surface area (Å²) in [4.78, 5) is 27.7. The highest BCUT2D eigenvalue weighted by atomic mass is 16.5. The zero-order valence-electron chi connectivity index (χ0n) is 17.9. The van der Waals surface area contributed by atoms with Gasteiger partial charge in [0, 0.05) is 30.3 Å². The van der Waals surface area contributed by atoms with E-state index < -0.39 is 0 Å². The molecular formula is C24H24N4O4. The number of H-pyrrole nitrogens is 1. The molecule has 3 aromatic rings. The van der Waals surface area contributed by atoms with Gasteiger partial charge in [-0.05, 0) is 48.0 Å². The number of ether oxygens (including phenoxy) is 2. The number of methoxy groups -OCH3 is 2. The van der Waals surface area contributed by atoms with Crippen molar-refractivity contribution in [1.82, 2.24) is 9.99 Å². The van der Waals surface area contributed by atoms with E-state index in [2.05, 4.69) is 15.4 Å². The van der Waals surface area contributed by atoms with Gasteiger partial charge in [-0.1, -0.05) is 12.1 Å². The Bertz CT molecular complexity index is 1150. The molecule has 2 aromatic carbocycles. The molecule has 0 saturated carbocycles. The number of aromatic amines is 1. The highest BCUT2D eigenvalue weighted by Gasteiger charge is 2.22. The average molecular weight is 432 g/mol. The van der Waals surface area contributed by atoms with Crippen LogP contribution in [-0.2, 0) is 11.3 Å². The molecule has 2 amide bonds. The second-order valence-electron chi connectivity index (χ2n) is 7.31. The van der Waals surface area contributed by atoms with Crippen LogP contribution in [0.4, 0.5) is 5.69 Å². The first-order chi connectivity index (χ1) is 15.6. The van der Waals surface area contributed by atoms with E-state index in [0.717, 1.165) is 16.8 Å². The zero-order valence-corrected chi connectivity index (χ0v) is 17.9. The van der Waals surface area contributed by atoms with Gasteiger partial charge in [0.05, 0.1) is 26.5 Å². The fourth-order valence-corrected chi connectivity index (χ4v) is 3.54. The SMILES string of the molecule is COc1ccc(C2=NN(Cc3cccc(NC(=O)c4ccc[nH]4)c3)C(=O)CC2)cc1OC. The third-order valence-corrected chi connectivity index (χ3v) is 5.18. The summed E-state index contributed by atoms with van der Waals surface area (Å²) in [6, 6.07) is 16.5. The van der Waals surface area contributed by atoms with E-state index in [1.807, 2.05) is 36.4 Å². The molecular weight excluding hydrogens is 408 g/mol. The lowest BCUT2D eigenvalue weighted by Gasteiger charge is -2.24. The summed E-state index contributed by atoms with van der Waals surface area (Å²) >= 11 is 0. The summed E-state index contributed by atoms with van der Waals surface area (Å²) in [6.45, 7) is 0.307. The molecule has 164 valence electrons. The second kappa shape index (κ2) is 9.38. The van der Waals surface area contributed by atoms with E-state index in [9.17, 15) is 9.59 Å². The minimum absolute atomic E-state index is 0.0462. The minimum atomic E-state index is -0.227. The number of carbonyl (C=O) groups is 2. The van der Waals surface area contributed by atoms with Crippen molar-refractivity contribution < 1.29 is 19.1 Å². The van der Waals surface area contributed by atoms with E-state index in [0.29, 0.717) is 42.3 Å². The van der Waals surface area contributed by atoms with Crippen molar-refractivity contribution in [2.75, 3.05) is 19.5 Å². The van der Waals surface area contributed by atoms with E-state index in [-0.39, 0.29) is 11.8 Å². The van der Waals surface area contributed by atoms with Crippen molar-refractivity contribution in [2.24, 2.45) is 5.10 Å². The number of amides is 2. The topological polar surface area (TPSA) is 96.0 Å². The Balaban J connectivity index is 1.52. The van der Waals surface area contributed by atoms with Gasteiger partial charge in [0.15, 0.2) is 11.5 Å². The molecule has 0 unspecified atom stereocenters. The molecule has 4 rings (SSSR count). The number of aromatic nitrogens is 1. The Morgan fingerprint density at radius 3 is 2.66 bits per heavy atom. The molecule has 0 saturated heterocycles. The number of nitrogens with zero attached hydrogens (tertiary/aromatic N) is 2. The monoisotopic (exact) mass is 432 g/mol. The van der Waals surface area contributed by atoms with Crippen LogP contribution in [-0.4, -0.2) is 41.7 Å². The highest BCUT2D eigenvalue weighted by molar-refractivity contribution is 6.04. The Morgan fingerprint density at radius 1 is 1.06 bits per heavy atom. The minimum Gasteiger partial charge on any atom is -0.493 e. The lowest BCUT2D eigenvalue weighted by Crippen LogP contribution is -2.31. The van der Waals surface area contributed by atoms with Gasteiger partial charge < -0.3 is 19.8 Å². The third kappa shape index (κ3) is 4.64. The van der Waals surface area contributed by atoms with Crippen LogP contribution in [0.2, 0.25) is 0 Å². The molecule has 1 aliphatic rings. The van der Waals surface area contributed by atoms with Crippen molar-refractivity contribution in [3.63, 3.8) is 0 Å². The first-order valence-electron chi connectivity index (χ1n) is 10.2. The van der Waals surface area contributed by atoms with Crippen molar-refractivity contribution in [2.45, 2.75) is 19.4 Å². The lowest BCUT2D eigenvalue weighted by atomic mass is 10.0. The Kier molecular flexibility index (Phi) is 6.21. The molecule has 1 aromatic heterocycles. The number of anilines is 1. The van der Waals surface area contributed by atoms with Crippen LogP contribution in [0.3, 0.4) is 0 Å². The zero-order chi connectivity index (χ0) is 22.5. The first kappa shape index (κ1) is 21.2. The summed E-state index contributed by atoms with van der Waals surface area (Å²) in [7, 11) is 3.17. The largest absolute Gasteiger partial charge is 0.493 e. The maximum absolute atomic E-state index is 12.5. The molecule has 1 aliphatic heterocycles. The van der Waals surface area contributed by atoms with Gasteiger partial charge in [0.25, 0.3) is 5.91 Å². The molecule has 8 nitrogen and oxygen atoms in total. The van der Waals surface area contributed by atoms with Crippen LogP contribution in [0.1, 0.15) is 34.5 Å². The van der Waals surface area contributed by atoms with Gasteiger partial charge in [-0.3, -0.25) is 9.59 Å². The number of nitrogens with one attached hydrogen (secondary N) is 2. The summed E-state index contributed by atoms with van der Waals surface area (Å²) in [5, 5.41) is 8.93. The van der Waals surface area contributed by atoms with Crippen LogP contribution >= 0.6 is 0 Å². The van der Waals surface area contributed by atoms with E-state index in [1.165, 1.54) is 5.01 Å². The molecule has 0 spiro atoms. The van der Waals surface area contributed by atoms with Crippen LogP contribution in [0.5, 0.6) is 11.5 Å². The summed E-state index contributed by atoms with van der Waals surface area (Å²) < 4.78 is 10.7. The summed E-state index contributed by atoms with van der Waals surface area (Å²) in [5.41, 5.74) is 3.68. The molecule has 2 N–H and O–H groups in total. The van der Waals surface area contributed by atoms with Crippen LogP contribution in [0, 0.1) is 0 Å². The maximum Gasteiger partial charge on any atom is 0.272 e. The molecule has 0 aliphatic carbocycles. The van der Waals surface area contributed by atoms with Gasteiger partial charge >= 0.3 is 0 Å². The normalized spacial score (nSPS) is 13.5. The smallest absolute Gasteiger partial charge is 0.272 e. The Morgan fingerprint density at radius 2 is 1.91 bits per heavy atom. The Labute approximate surface area is 185 Å². The molecule has 32 heavy (non-hydrogen) atoms. The van der Waals surface area contributed by atoms with Gasteiger partial charge in [-0.2, -0.15) is 5.10 Å². The van der Waals surface area contributed by atoms with Gasteiger partial charge in [-0.15, -0.1) is 0 Å². The Hall–Kier alpha value is -4.07. The van der Waals surface area contributed by atoms with Gasteiger partial charge in [0.1, 0.15) is 5.69 Å². The van der Waals surface area contributed by atoms with Gasteiger partial charge in [0.2, 0.25) is 5.91 Å². The molecule has 0 bridgehead atoms. The quantitative estimate of drug-likeness (QED) is 0.593. The molecule has 0 radical (unpaired) electrons. The van der Waals surface area contributed by atoms with Crippen LogP contribution in [0.25, 0.3) is 0 Å². The van der Waals surface area contributed by atoms with E-state index >= 15 is 0 Å². The van der Waals surface area contributed by atoms with E-state index in [1.54, 1.807) is 38.6 Å². The van der Waals surface area contributed by atoms with Crippen molar-refractivity contribution >= 4 is 23.2 Å². The van der Waals surface area contributed by atoms with E-state index in [4.69, 9.17) is 9.47 Å². The fourth-order valence-electron chi connectivity index (χ4n) is 3.54. The van der Waals surface area contributed by atoms with Gasteiger partial charge in [-0.25, -0.2) is 5.01 Å². The number of hydrazone groups is 1. The third-order valence-electron chi connectivity index (χ3n) is 5.18. The van der Waals surface area contributed by atoms with Crippen molar-refractivity contribution in [3.05, 3.63) is 77.6 Å². The number of hydrogen-bond donors (Lipinski definition) is 2. The maximum atomic E-state index is 12.5. The predicted octanol–water partition coefficient (Wildman–Crippen LogP) is 3.81. The molecule has 0 atom stereocenters. The molecule has 0 fully saturated rings. The van der Waals surface area contributed by atoms with Crippen molar-refractivity contribution in [3.8, 4) is 11.5 Å². The first-order valence-corrected chi connectivity index (χ1v) is 10.2. The second-order valence-corrected chi connectivity index (χ2v) is 7.31. The summed E-state index contributed by atoms with van der Waals surface area (Å²) in [6.07, 6.45) is 2.62. The number of hydrogen-bond acceptors (Lipinski definition) is 5. The number of benzene rings is 2.